The largest absolute Gasteiger partial charge is 0.449 e. The van der Waals surface area contributed by atoms with Gasteiger partial charge in [0.1, 0.15) is 0 Å². The minimum absolute atomic E-state index is 0.0390. The third-order valence-corrected chi connectivity index (χ3v) is 7.24. The summed E-state index contributed by atoms with van der Waals surface area (Å²) in [6.45, 7) is 5.89. The molecular formula is C21H34N2O3. The van der Waals surface area contributed by atoms with E-state index in [-0.39, 0.29) is 12.1 Å². The van der Waals surface area contributed by atoms with Crippen LogP contribution in [0.3, 0.4) is 0 Å². The van der Waals surface area contributed by atoms with Gasteiger partial charge >= 0.3 is 6.09 Å². The second-order valence-electron chi connectivity index (χ2n) is 9.76. The summed E-state index contributed by atoms with van der Waals surface area (Å²) in [6, 6.07) is 0.0390. The summed E-state index contributed by atoms with van der Waals surface area (Å²) in [6.07, 6.45) is 8.17. The summed E-state index contributed by atoms with van der Waals surface area (Å²) in [5.41, 5.74) is 0. The van der Waals surface area contributed by atoms with E-state index in [1.807, 2.05) is 18.7 Å². The van der Waals surface area contributed by atoms with Gasteiger partial charge in [-0.15, -0.1) is 0 Å². The molecule has 4 saturated carbocycles. The summed E-state index contributed by atoms with van der Waals surface area (Å²) >= 11 is 0. The van der Waals surface area contributed by atoms with Gasteiger partial charge in [0.15, 0.2) is 0 Å². The molecule has 2 amide bonds. The number of rotatable bonds is 5. The molecule has 4 bridgehead atoms. The molecule has 5 aliphatic rings. The Hall–Kier alpha value is -1.26. The summed E-state index contributed by atoms with van der Waals surface area (Å²) in [5, 5.41) is 2.92. The molecule has 1 heterocycles. The average Bonchev–Trinajstić information content (AvgIpc) is 3.04. The van der Waals surface area contributed by atoms with E-state index in [2.05, 4.69) is 5.32 Å². The minimum Gasteiger partial charge on any atom is -0.449 e. The molecule has 5 fully saturated rings. The Kier molecular flexibility index (Phi) is 5.15. The number of likely N-dealkylation sites (tertiary alicyclic amines) is 1. The Labute approximate surface area is 157 Å². The quantitative estimate of drug-likeness (QED) is 0.815. The van der Waals surface area contributed by atoms with Crippen LogP contribution in [0.5, 0.6) is 0 Å². The number of ether oxygens (including phenoxy) is 1. The van der Waals surface area contributed by atoms with Gasteiger partial charge in [0.05, 0.1) is 12.6 Å². The third-order valence-electron chi connectivity index (χ3n) is 7.24. The summed E-state index contributed by atoms with van der Waals surface area (Å²) in [4.78, 5) is 26.7. The molecule has 0 unspecified atom stereocenters. The highest BCUT2D eigenvalue weighted by Crippen LogP contribution is 2.57. The van der Waals surface area contributed by atoms with Gasteiger partial charge in [0.25, 0.3) is 0 Å². The first-order valence-corrected chi connectivity index (χ1v) is 10.7. The van der Waals surface area contributed by atoms with E-state index < -0.39 is 0 Å². The molecule has 0 aromatic heterocycles. The monoisotopic (exact) mass is 362 g/mol. The predicted molar refractivity (Wildman–Crippen MR) is 99.5 cm³/mol. The smallest absolute Gasteiger partial charge is 0.407 e. The fourth-order valence-electron chi connectivity index (χ4n) is 6.26. The lowest BCUT2D eigenvalue weighted by Gasteiger charge is -2.54. The van der Waals surface area contributed by atoms with Gasteiger partial charge in [-0.1, -0.05) is 13.8 Å². The van der Waals surface area contributed by atoms with Gasteiger partial charge in [0, 0.05) is 19.5 Å². The molecule has 5 nitrogen and oxygen atoms in total. The van der Waals surface area contributed by atoms with Crippen molar-refractivity contribution in [2.45, 2.75) is 64.8 Å². The highest BCUT2D eigenvalue weighted by molar-refractivity contribution is 5.77. The SMILES string of the molecule is CC(C)COC(=O)N[C@@H]1CCN(C(=O)CC2C3CC4CC(C3)CC2C4)C1. The Morgan fingerprint density at radius 1 is 1.08 bits per heavy atom. The van der Waals surface area contributed by atoms with Crippen LogP contribution in [0.15, 0.2) is 0 Å². The molecule has 0 radical (unpaired) electrons. The van der Waals surface area contributed by atoms with Crippen LogP contribution in [0, 0.1) is 35.5 Å². The highest BCUT2D eigenvalue weighted by atomic mass is 16.5. The topological polar surface area (TPSA) is 58.6 Å². The summed E-state index contributed by atoms with van der Waals surface area (Å²) < 4.78 is 5.19. The first kappa shape index (κ1) is 18.1. The Balaban J connectivity index is 1.24. The van der Waals surface area contributed by atoms with Crippen molar-refractivity contribution in [3.63, 3.8) is 0 Å². The van der Waals surface area contributed by atoms with E-state index in [0.717, 1.165) is 43.1 Å². The van der Waals surface area contributed by atoms with E-state index >= 15 is 0 Å². The molecule has 4 aliphatic carbocycles. The molecule has 5 rings (SSSR count). The maximum Gasteiger partial charge on any atom is 0.407 e. The summed E-state index contributed by atoms with van der Waals surface area (Å²) in [5.74, 6) is 4.79. The molecule has 0 aromatic rings. The maximum atomic E-state index is 12.9. The minimum atomic E-state index is -0.348. The van der Waals surface area contributed by atoms with Crippen molar-refractivity contribution in [1.29, 1.82) is 0 Å². The van der Waals surface area contributed by atoms with Crippen molar-refractivity contribution >= 4 is 12.0 Å². The molecule has 0 aromatic carbocycles. The zero-order valence-electron chi connectivity index (χ0n) is 16.3. The highest BCUT2D eigenvalue weighted by Gasteiger charge is 2.48. The summed E-state index contributed by atoms with van der Waals surface area (Å²) in [7, 11) is 0. The lowest BCUT2D eigenvalue weighted by Crippen LogP contribution is -2.47. The van der Waals surface area contributed by atoms with Crippen LogP contribution in [0.25, 0.3) is 0 Å². The third kappa shape index (κ3) is 3.86. The van der Waals surface area contributed by atoms with Crippen molar-refractivity contribution in [3.05, 3.63) is 0 Å². The lowest BCUT2D eigenvalue weighted by molar-refractivity contribution is -0.135. The molecule has 146 valence electrons. The van der Waals surface area contributed by atoms with Crippen LogP contribution in [-0.2, 0) is 9.53 Å². The fraction of sp³-hybridized carbons (Fsp3) is 0.905. The standard InChI is InChI=1S/C21H34N2O3/c1-13(2)12-26-21(25)22-18-3-4-23(11-18)20(24)10-19-16-6-14-5-15(8-16)9-17(19)7-14/h13-19H,3-12H2,1-2H3,(H,22,25)/t14?,15?,16?,17?,18-,19?/m1/s1. The Morgan fingerprint density at radius 2 is 1.73 bits per heavy atom. The molecule has 5 heteroatoms. The molecular weight excluding hydrogens is 328 g/mol. The normalized spacial score (nSPS) is 38.0. The number of hydrogen-bond acceptors (Lipinski definition) is 3. The van der Waals surface area contributed by atoms with Crippen molar-refractivity contribution in [1.82, 2.24) is 10.2 Å². The molecule has 1 atom stereocenters. The average molecular weight is 363 g/mol. The first-order chi connectivity index (χ1) is 12.5. The van der Waals surface area contributed by atoms with Crippen molar-refractivity contribution < 1.29 is 14.3 Å². The van der Waals surface area contributed by atoms with Gasteiger partial charge in [-0.05, 0) is 74.0 Å². The van der Waals surface area contributed by atoms with Crippen LogP contribution < -0.4 is 5.32 Å². The Morgan fingerprint density at radius 3 is 2.35 bits per heavy atom. The fourth-order valence-corrected chi connectivity index (χ4v) is 6.26. The van der Waals surface area contributed by atoms with E-state index in [9.17, 15) is 9.59 Å². The van der Waals surface area contributed by atoms with Crippen molar-refractivity contribution in [2.75, 3.05) is 19.7 Å². The van der Waals surface area contributed by atoms with Crippen molar-refractivity contribution in [2.24, 2.45) is 35.5 Å². The number of nitrogens with one attached hydrogen (secondary N) is 1. The Bertz CT molecular complexity index is 519. The van der Waals surface area contributed by atoms with E-state index in [4.69, 9.17) is 4.74 Å². The number of alkyl carbamates (subject to hydrolysis) is 1. The van der Waals surface area contributed by atoms with Crippen LogP contribution in [0.2, 0.25) is 0 Å². The number of hydrogen-bond donors (Lipinski definition) is 1. The zero-order valence-corrected chi connectivity index (χ0v) is 16.3. The van der Waals surface area contributed by atoms with Crippen LogP contribution in [-0.4, -0.2) is 42.6 Å². The second kappa shape index (κ2) is 7.40. The number of nitrogens with zero attached hydrogens (tertiary/aromatic N) is 1. The van der Waals surface area contributed by atoms with E-state index in [0.29, 0.717) is 30.9 Å². The van der Waals surface area contributed by atoms with Crippen LogP contribution in [0.1, 0.15) is 58.8 Å². The van der Waals surface area contributed by atoms with Gasteiger partial charge < -0.3 is 15.0 Å². The first-order valence-electron chi connectivity index (χ1n) is 10.7. The van der Waals surface area contributed by atoms with E-state index in [1.165, 1.54) is 32.1 Å². The van der Waals surface area contributed by atoms with Crippen LogP contribution >= 0.6 is 0 Å². The number of carbonyl (C=O) groups excluding carboxylic acids is 2. The molecule has 1 saturated heterocycles. The van der Waals surface area contributed by atoms with Crippen molar-refractivity contribution in [3.8, 4) is 0 Å². The lowest BCUT2D eigenvalue weighted by atomic mass is 9.51. The van der Waals surface area contributed by atoms with Gasteiger partial charge in [0.2, 0.25) is 5.91 Å². The molecule has 1 aliphatic heterocycles. The van der Waals surface area contributed by atoms with Gasteiger partial charge in [-0.3, -0.25) is 4.79 Å². The number of amides is 2. The molecule has 1 N–H and O–H groups in total. The van der Waals surface area contributed by atoms with Gasteiger partial charge in [-0.2, -0.15) is 0 Å². The maximum absolute atomic E-state index is 12.9. The zero-order chi connectivity index (χ0) is 18.3. The molecule has 26 heavy (non-hydrogen) atoms. The van der Waals surface area contributed by atoms with Gasteiger partial charge in [-0.25, -0.2) is 4.79 Å². The molecule has 0 spiro atoms. The van der Waals surface area contributed by atoms with Crippen LogP contribution in [0.4, 0.5) is 4.79 Å². The van der Waals surface area contributed by atoms with E-state index in [1.54, 1.807) is 0 Å². The second-order valence-corrected chi connectivity index (χ2v) is 9.76. The predicted octanol–water partition coefficient (Wildman–Crippen LogP) is 3.43. The number of carbonyl (C=O) groups is 2.